The van der Waals surface area contributed by atoms with Crippen LogP contribution in [-0.2, 0) is 16.1 Å². The van der Waals surface area contributed by atoms with E-state index in [0.29, 0.717) is 24.7 Å². The molecule has 0 bridgehead atoms. The Morgan fingerprint density at radius 3 is 2.42 bits per heavy atom. The van der Waals surface area contributed by atoms with Crippen LogP contribution in [0.3, 0.4) is 0 Å². The Kier molecular flexibility index (Phi) is 5.72. The summed E-state index contributed by atoms with van der Waals surface area (Å²) in [6.45, 7) is 6.88. The van der Waals surface area contributed by atoms with Crippen molar-refractivity contribution in [3.05, 3.63) is 34.9 Å². The highest BCUT2D eigenvalue weighted by Crippen LogP contribution is 2.18. The van der Waals surface area contributed by atoms with E-state index in [1.807, 2.05) is 17.0 Å². The number of rotatable bonds is 3. The van der Waals surface area contributed by atoms with E-state index in [1.165, 1.54) is 4.90 Å². The maximum Gasteiger partial charge on any atom is 0.410 e. The number of aliphatic carboxylic acids is 1. The number of nitrogens with zero attached hydrogens (tertiary/aromatic N) is 2. The number of carbonyl (C=O) groups is 2. The Bertz CT molecular complexity index is 598. The van der Waals surface area contributed by atoms with Crippen LogP contribution in [0.2, 0.25) is 5.02 Å². The van der Waals surface area contributed by atoms with Gasteiger partial charge in [0.1, 0.15) is 11.6 Å². The standard InChI is InChI=1S/C17H23ClN2O4/c1-17(2,3)24-16(23)20-9-8-19(14(11-20)15(21)22)10-12-4-6-13(18)7-5-12/h4-7,14H,8-11H2,1-3H3,(H,21,22)/t14-/m0/s1. The maximum atomic E-state index is 12.2. The topological polar surface area (TPSA) is 70.1 Å². The van der Waals surface area contributed by atoms with Crippen LogP contribution in [-0.4, -0.2) is 58.2 Å². The quantitative estimate of drug-likeness (QED) is 0.903. The van der Waals surface area contributed by atoms with Crippen molar-refractivity contribution in [2.75, 3.05) is 19.6 Å². The highest BCUT2D eigenvalue weighted by atomic mass is 35.5. The van der Waals surface area contributed by atoms with Crippen LogP contribution in [0.5, 0.6) is 0 Å². The van der Waals surface area contributed by atoms with Gasteiger partial charge in [-0.1, -0.05) is 23.7 Å². The molecule has 0 saturated carbocycles. The largest absolute Gasteiger partial charge is 0.480 e. The second-order valence-electron chi connectivity index (χ2n) is 6.88. The average molecular weight is 355 g/mol. The molecule has 1 amide bonds. The van der Waals surface area contributed by atoms with Gasteiger partial charge < -0.3 is 14.7 Å². The zero-order valence-corrected chi connectivity index (χ0v) is 14.9. The number of ether oxygens (including phenoxy) is 1. The zero-order valence-electron chi connectivity index (χ0n) is 14.2. The van der Waals surface area contributed by atoms with Crippen molar-refractivity contribution >= 4 is 23.7 Å². The summed E-state index contributed by atoms with van der Waals surface area (Å²) in [5.41, 5.74) is 0.382. The van der Waals surface area contributed by atoms with Gasteiger partial charge in [0, 0.05) is 24.7 Å². The summed E-state index contributed by atoms with van der Waals surface area (Å²) in [7, 11) is 0. The first-order valence-electron chi connectivity index (χ1n) is 7.85. The van der Waals surface area contributed by atoms with Crippen LogP contribution >= 0.6 is 11.6 Å². The number of hydrogen-bond donors (Lipinski definition) is 1. The molecular formula is C17H23ClN2O4. The molecule has 0 spiro atoms. The lowest BCUT2D eigenvalue weighted by Gasteiger charge is -2.39. The molecule has 0 aromatic heterocycles. The van der Waals surface area contributed by atoms with Crippen molar-refractivity contribution in [2.24, 2.45) is 0 Å². The Hall–Kier alpha value is -1.79. The molecule has 2 rings (SSSR count). The van der Waals surface area contributed by atoms with E-state index in [9.17, 15) is 14.7 Å². The number of carboxylic acid groups (broad SMARTS) is 1. The second kappa shape index (κ2) is 7.40. The lowest BCUT2D eigenvalue weighted by Crippen LogP contribution is -2.57. The fraction of sp³-hybridized carbons (Fsp3) is 0.529. The van der Waals surface area contributed by atoms with Crippen molar-refractivity contribution in [1.29, 1.82) is 0 Å². The number of amides is 1. The molecule has 1 aliphatic heterocycles. The molecule has 0 aliphatic carbocycles. The summed E-state index contributed by atoms with van der Waals surface area (Å²) in [4.78, 5) is 27.1. The fourth-order valence-corrected chi connectivity index (χ4v) is 2.69. The fourth-order valence-electron chi connectivity index (χ4n) is 2.56. The Balaban J connectivity index is 2.04. The van der Waals surface area contributed by atoms with E-state index in [2.05, 4.69) is 0 Å². The molecule has 1 aromatic rings. The van der Waals surface area contributed by atoms with Gasteiger partial charge in [-0.3, -0.25) is 9.69 Å². The van der Waals surface area contributed by atoms with Gasteiger partial charge in [-0.2, -0.15) is 0 Å². The van der Waals surface area contributed by atoms with E-state index in [-0.39, 0.29) is 6.54 Å². The van der Waals surface area contributed by atoms with Crippen LogP contribution < -0.4 is 0 Å². The first-order valence-corrected chi connectivity index (χ1v) is 8.23. The van der Waals surface area contributed by atoms with Gasteiger partial charge in [-0.15, -0.1) is 0 Å². The molecule has 1 fully saturated rings. The van der Waals surface area contributed by atoms with Gasteiger partial charge in [0.05, 0.1) is 6.54 Å². The van der Waals surface area contributed by atoms with Gasteiger partial charge in [-0.05, 0) is 38.5 Å². The van der Waals surface area contributed by atoms with Crippen molar-refractivity contribution in [2.45, 2.75) is 39.0 Å². The normalized spacial score (nSPS) is 19.2. The molecule has 132 valence electrons. The Labute approximate surface area is 146 Å². The van der Waals surface area contributed by atoms with E-state index in [0.717, 1.165) is 5.56 Å². The molecule has 1 aliphatic rings. The minimum absolute atomic E-state index is 0.109. The molecule has 1 atom stereocenters. The molecule has 1 saturated heterocycles. The van der Waals surface area contributed by atoms with Crippen molar-refractivity contribution in [3.8, 4) is 0 Å². The van der Waals surface area contributed by atoms with Crippen molar-refractivity contribution < 1.29 is 19.4 Å². The minimum atomic E-state index is -0.947. The molecular weight excluding hydrogens is 332 g/mol. The summed E-state index contributed by atoms with van der Waals surface area (Å²) in [5.74, 6) is -0.947. The Morgan fingerprint density at radius 2 is 1.88 bits per heavy atom. The number of piperazine rings is 1. The van der Waals surface area contributed by atoms with Crippen LogP contribution in [0.15, 0.2) is 24.3 Å². The molecule has 1 aromatic carbocycles. The molecule has 0 radical (unpaired) electrons. The monoisotopic (exact) mass is 354 g/mol. The molecule has 6 nitrogen and oxygen atoms in total. The van der Waals surface area contributed by atoms with E-state index < -0.39 is 23.7 Å². The summed E-state index contributed by atoms with van der Waals surface area (Å²) in [6, 6.07) is 6.55. The smallest absolute Gasteiger partial charge is 0.410 e. The molecule has 0 unspecified atom stereocenters. The predicted molar refractivity (Wildman–Crippen MR) is 91.1 cm³/mol. The van der Waals surface area contributed by atoms with Gasteiger partial charge >= 0.3 is 12.1 Å². The predicted octanol–water partition coefficient (Wildman–Crippen LogP) is 2.85. The number of halogens is 1. The van der Waals surface area contributed by atoms with Gasteiger partial charge in [-0.25, -0.2) is 4.79 Å². The van der Waals surface area contributed by atoms with Crippen LogP contribution in [0, 0.1) is 0 Å². The van der Waals surface area contributed by atoms with E-state index >= 15 is 0 Å². The zero-order chi connectivity index (χ0) is 17.9. The van der Waals surface area contributed by atoms with Crippen LogP contribution in [0.4, 0.5) is 4.79 Å². The third kappa shape index (κ3) is 5.11. The number of carboxylic acids is 1. The third-order valence-corrected chi connectivity index (χ3v) is 3.98. The minimum Gasteiger partial charge on any atom is -0.480 e. The lowest BCUT2D eigenvalue weighted by atomic mass is 10.1. The van der Waals surface area contributed by atoms with E-state index in [4.69, 9.17) is 16.3 Å². The van der Waals surface area contributed by atoms with Gasteiger partial charge in [0.25, 0.3) is 0 Å². The van der Waals surface area contributed by atoms with E-state index in [1.54, 1.807) is 32.9 Å². The summed E-state index contributed by atoms with van der Waals surface area (Å²) in [6.07, 6.45) is -0.472. The Morgan fingerprint density at radius 1 is 1.25 bits per heavy atom. The summed E-state index contributed by atoms with van der Waals surface area (Å²) in [5, 5.41) is 10.2. The number of carbonyl (C=O) groups excluding carboxylic acids is 1. The lowest BCUT2D eigenvalue weighted by molar-refractivity contribution is -0.145. The van der Waals surface area contributed by atoms with Crippen molar-refractivity contribution in [3.63, 3.8) is 0 Å². The summed E-state index contributed by atoms with van der Waals surface area (Å²) < 4.78 is 5.33. The second-order valence-corrected chi connectivity index (χ2v) is 7.31. The van der Waals surface area contributed by atoms with Crippen molar-refractivity contribution in [1.82, 2.24) is 9.80 Å². The highest BCUT2D eigenvalue weighted by Gasteiger charge is 2.35. The first kappa shape index (κ1) is 18.5. The molecule has 1 heterocycles. The van der Waals surface area contributed by atoms with Crippen LogP contribution in [0.1, 0.15) is 26.3 Å². The van der Waals surface area contributed by atoms with Gasteiger partial charge in [0.15, 0.2) is 0 Å². The average Bonchev–Trinajstić information content (AvgIpc) is 2.48. The highest BCUT2D eigenvalue weighted by molar-refractivity contribution is 6.30. The van der Waals surface area contributed by atoms with Crippen LogP contribution in [0.25, 0.3) is 0 Å². The SMILES string of the molecule is CC(C)(C)OC(=O)N1CCN(Cc2ccc(Cl)cc2)[C@H](C(=O)O)C1. The first-order chi connectivity index (χ1) is 11.2. The number of benzene rings is 1. The summed E-state index contributed by atoms with van der Waals surface area (Å²) >= 11 is 5.87. The molecule has 24 heavy (non-hydrogen) atoms. The third-order valence-electron chi connectivity index (χ3n) is 3.73. The van der Waals surface area contributed by atoms with Gasteiger partial charge in [0.2, 0.25) is 0 Å². The molecule has 7 heteroatoms. The number of hydrogen-bond acceptors (Lipinski definition) is 4. The maximum absolute atomic E-state index is 12.2. The molecule has 1 N–H and O–H groups in total.